The van der Waals surface area contributed by atoms with E-state index in [1.165, 1.54) is 22.9 Å². The van der Waals surface area contributed by atoms with Gasteiger partial charge in [0.15, 0.2) is 0 Å². The highest BCUT2D eigenvalue weighted by molar-refractivity contribution is 7.99. The zero-order chi connectivity index (χ0) is 44.9. The summed E-state index contributed by atoms with van der Waals surface area (Å²) in [5, 5.41) is 30.9. The highest BCUT2D eigenvalue weighted by Crippen LogP contribution is 2.41. The third kappa shape index (κ3) is 10.8. The molecule has 4 N–H and O–H groups in total. The van der Waals surface area contributed by atoms with Gasteiger partial charge in [-0.2, -0.15) is 5.01 Å². The summed E-state index contributed by atoms with van der Waals surface area (Å²) in [4.78, 5) is 61.8. The number of anilines is 1. The Kier molecular flexibility index (Phi) is 15.1. The average Bonchev–Trinajstić information content (AvgIpc) is 3.48. The van der Waals surface area contributed by atoms with Crippen LogP contribution in [0, 0.1) is 31.6 Å². The normalized spacial score (nSPS) is 22.0. The Balaban J connectivity index is 0.000000245. The number of carbonyl (C=O) groups excluding carboxylic acids is 4. The number of nitrogens with one attached hydrogen (secondary N) is 2. The van der Waals surface area contributed by atoms with Gasteiger partial charge in [-0.15, -0.1) is 11.8 Å². The van der Waals surface area contributed by atoms with Crippen molar-refractivity contribution in [3.63, 3.8) is 0 Å². The highest BCUT2D eigenvalue weighted by Gasteiger charge is 2.50. The Morgan fingerprint density at radius 1 is 0.952 bits per heavy atom. The maximum absolute atomic E-state index is 13.5. The molecule has 3 aromatic rings. The van der Waals surface area contributed by atoms with Crippen LogP contribution in [0.2, 0.25) is 0 Å². The highest BCUT2D eigenvalue weighted by atomic mass is 32.2. The minimum atomic E-state index is -0.886. The molecule has 2 saturated heterocycles. The monoisotopic (exact) mass is 867 g/mol. The number of aliphatic hydroxyl groups is 1. The Hall–Kier alpha value is -4.92. The van der Waals surface area contributed by atoms with Crippen LogP contribution >= 0.6 is 11.8 Å². The maximum atomic E-state index is 13.5. The molecule has 1 aliphatic carbocycles. The second kappa shape index (κ2) is 20.1. The van der Waals surface area contributed by atoms with E-state index in [4.69, 9.17) is 0 Å². The molecule has 334 valence electrons. The molecule has 0 radical (unpaired) electrons. The molecule has 4 amide bonds. The molecule has 13 nitrogen and oxygen atoms in total. The van der Waals surface area contributed by atoms with E-state index in [0.717, 1.165) is 42.7 Å². The summed E-state index contributed by atoms with van der Waals surface area (Å²) >= 11 is 1.57. The zero-order valence-corrected chi connectivity index (χ0v) is 38.4. The molecule has 62 heavy (non-hydrogen) atoms. The molecule has 6 atom stereocenters. The number of aryl methyl sites for hydroxylation is 1. The molecule has 0 aromatic heterocycles. The molecule has 4 aliphatic rings. The third-order valence-electron chi connectivity index (χ3n) is 12.2. The molecule has 3 fully saturated rings. The standard InChI is InChI=1S/C32H45N3O4S.C16H20N4O2/c1-21-25(15-10-16-28(21)36)30(38)33-26(20-40-24-13-6-5-7-14-24)29(37)19-35-18-23-12-9-8-11-22(23)17-27(35)31(39)34-32(2,3)4;1-5-6-11-14(21)19-13-9-10(2)7-8-12(13)17-16(18(3)4)20(19)15(11)22/h5-7,10,13-16,22-23,26-27,29,36-37H,8-9,11-12,17-20H2,1-4H3,(H,33,38)(H,34,39);7-9,11H,5-6H2,1-4H3/t22-,23+,26-,27-,29+;/m0./s1. The number of aliphatic hydroxyl groups excluding tert-OH is 1. The number of hydrazine groups is 1. The summed E-state index contributed by atoms with van der Waals surface area (Å²) in [6.45, 7) is 12.7. The number of aliphatic imine (C=N–C) groups is 1. The minimum absolute atomic E-state index is 0.0124. The molecule has 14 heteroatoms. The number of β-amino-alcohol motifs (C(OH)–C–C–N with tert-alkyl or cyclic N) is 1. The zero-order valence-electron chi connectivity index (χ0n) is 37.6. The van der Waals surface area contributed by atoms with E-state index in [1.54, 1.807) is 41.8 Å². The number of piperidine rings is 1. The lowest BCUT2D eigenvalue weighted by Crippen LogP contribution is -2.60. The molecule has 3 aliphatic heterocycles. The van der Waals surface area contributed by atoms with Gasteiger partial charge in [-0.25, -0.2) is 10.0 Å². The van der Waals surface area contributed by atoms with Crippen molar-refractivity contribution in [2.45, 2.75) is 115 Å². The number of rotatable bonds is 11. The van der Waals surface area contributed by atoms with Gasteiger partial charge in [0.1, 0.15) is 11.7 Å². The van der Waals surface area contributed by atoms with E-state index in [1.807, 2.05) is 97.2 Å². The molecule has 0 spiro atoms. The first-order valence-corrected chi connectivity index (χ1v) is 23.0. The van der Waals surface area contributed by atoms with Gasteiger partial charge < -0.3 is 25.7 Å². The molecular formula is C48H65N7O6S. The van der Waals surface area contributed by atoms with E-state index in [9.17, 15) is 29.4 Å². The fourth-order valence-electron chi connectivity index (χ4n) is 8.95. The van der Waals surface area contributed by atoms with Crippen molar-refractivity contribution >= 4 is 52.7 Å². The van der Waals surface area contributed by atoms with Crippen LogP contribution in [0.1, 0.15) is 94.1 Å². The van der Waals surface area contributed by atoms with Gasteiger partial charge in [-0.05, 0) is 108 Å². The van der Waals surface area contributed by atoms with Crippen molar-refractivity contribution in [1.82, 2.24) is 25.4 Å². The fourth-order valence-corrected chi connectivity index (χ4v) is 9.98. The lowest BCUT2D eigenvalue weighted by molar-refractivity contribution is -0.133. The van der Waals surface area contributed by atoms with E-state index in [-0.39, 0.29) is 41.0 Å². The molecule has 3 heterocycles. The number of carbonyl (C=O) groups is 4. The Bertz CT molecular complexity index is 2120. The predicted molar refractivity (Wildman–Crippen MR) is 245 cm³/mol. The van der Waals surface area contributed by atoms with E-state index in [2.05, 4.69) is 20.5 Å². The number of guanidine groups is 1. The second-order valence-electron chi connectivity index (χ2n) is 18.4. The predicted octanol–water partition coefficient (Wildman–Crippen LogP) is 6.81. The first-order chi connectivity index (χ1) is 29.5. The van der Waals surface area contributed by atoms with Gasteiger partial charge in [-0.1, -0.05) is 62.9 Å². The lowest BCUT2D eigenvalue weighted by Gasteiger charge is -2.47. The number of aromatic hydroxyl groups is 1. The van der Waals surface area contributed by atoms with E-state index >= 15 is 0 Å². The topological polar surface area (TPSA) is 158 Å². The van der Waals surface area contributed by atoms with Crippen LogP contribution in [-0.4, -0.2) is 111 Å². The minimum Gasteiger partial charge on any atom is -0.508 e. The smallest absolute Gasteiger partial charge is 0.261 e. The van der Waals surface area contributed by atoms with Crippen LogP contribution in [0.4, 0.5) is 11.4 Å². The molecular weight excluding hydrogens is 803 g/mol. The Morgan fingerprint density at radius 2 is 1.65 bits per heavy atom. The first kappa shape index (κ1) is 46.6. The Morgan fingerprint density at radius 3 is 2.32 bits per heavy atom. The van der Waals surface area contributed by atoms with Crippen molar-refractivity contribution in [1.29, 1.82) is 0 Å². The van der Waals surface area contributed by atoms with Crippen molar-refractivity contribution < 1.29 is 29.4 Å². The van der Waals surface area contributed by atoms with Gasteiger partial charge in [0.2, 0.25) is 11.9 Å². The fraction of sp³-hybridized carbons (Fsp3) is 0.521. The van der Waals surface area contributed by atoms with Crippen molar-refractivity contribution in [2.75, 3.05) is 37.9 Å². The quantitative estimate of drug-likeness (QED) is 0.120. The number of phenolic OH excluding ortho intramolecular Hbond substituents is 1. The summed E-state index contributed by atoms with van der Waals surface area (Å²) < 4.78 is 0. The number of fused-ring (bicyclic) bond motifs is 4. The summed E-state index contributed by atoms with van der Waals surface area (Å²) in [5.41, 5.74) is 2.97. The summed E-state index contributed by atoms with van der Waals surface area (Å²) in [6, 6.07) is 19.7. The maximum Gasteiger partial charge on any atom is 0.261 e. The summed E-state index contributed by atoms with van der Waals surface area (Å²) in [5.74, 6) is 0.795. The average molecular weight is 868 g/mol. The van der Waals surface area contributed by atoms with Gasteiger partial charge >= 0.3 is 0 Å². The van der Waals surface area contributed by atoms with E-state index in [0.29, 0.717) is 59.0 Å². The van der Waals surface area contributed by atoms with Crippen LogP contribution in [0.25, 0.3) is 0 Å². The van der Waals surface area contributed by atoms with Gasteiger partial charge in [-0.3, -0.25) is 24.1 Å². The summed E-state index contributed by atoms with van der Waals surface area (Å²) in [7, 11) is 3.64. The summed E-state index contributed by atoms with van der Waals surface area (Å²) in [6.07, 6.45) is 6.02. The van der Waals surface area contributed by atoms with Gasteiger partial charge in [0.25, 0.3) is 17.7 Å². The molecule has 7 rings (SSSR count). The number of hydrogen-bond donors (Lipinski definition) is 4. The third-order valence-corrected chi connectivity index (χ3v) is 13.3. The number of hydrogen-bond acceptors (Lipinski definition) is 10. The molecule has 3 aromatic carbocycles. The van der Waals surface area contributed by atoms with Crippen molar-refractivity contribution in [3.05, 3.63) is 83.4 Å². The number of phenols is 1. The molecule has 1 unspecified atom stereocenters. The van der Waals surface area contributed by atoms with Crippen LogP contribution in [0.5, 0.6) is 5.75 Å². The number of amides is 4. The molecule has 0 bridgehead atoms. The van der Waals surface area contributed by atoms with Crippen LogP contribution in [0.15, 0.2) is 76.6 Å². The van der Waals surface area contributed by atoms with Crippen LogP contribution in [0.3, 0.4) is 0 Å². The lowest BCUT2D eigenvalue weighted by atomic mass is 9.72. The number of nitrogens with zero attached hydrogens (tertiary/aromatic N) is 5. The van der Waals surface area contributed by atoms with Crippen molar-refractivity contribution in [3.8, 4) is 5.75 Å². The van der Waals surface area contributed by atoms with Gasteiger partial charge in [0, 0.05) is 54.5 Å². The number of benzene rings is 3. The van der Waals surface area contributed by atoms with Gasteiger partial charge in [0.05, 0.1) is 29.6 Å². The molecule has 1 saturated carbocycles. The largest absolute Gasteiger partial charge is 0.508 e. The van der Waals surface area contributed by atoms with Crippen molar-refractivity contribution in [2.24, 2.45) is 22.7 Å². The van der Waals surface area contributed by atoms with Crippen LogP contribution in [-0.2, 0) is 14.4 Å². The van der Waals surface area contributed by atoms with Crippen LogP contribution < -0.4 is 15.6 Å². The number of likely N-dealkylation sites (tertiary alicyclic amines) is 1. The second-order valence-corrected chi connectivity index (χ2v) is 19.5. The van der Waals surface area contributed by atoms with E-state index < -0.39 is 18.1 Å². The number of thioether (sulfide) groups is 1. The first-order valence-electron chi connectivity index (χ1n) is 22.0. The SMILES string of the molecule is CCCC1C(=O)N2C(N(C)C)=Nc3ccc(C)cc3N2C1=O.Cc1c(O)cccc1C(=O)N[C@@H](CSc1ccccc1)[C@H](O)CN1C[C@H]2CCCC[C@H]2C[C@H]1C(=O)NC(C)(C)C. The Labute approximate surface area is 371 Å².